The molecule has 2 heterocycles. The molecule has 2 N–H and O–H groups in total. The average Bonchev–Trinajstić information content (AvgIpc) is 3.17. The Bertz CT molecular complexity index is 611. The van der Waals surface area contributed by atoms with Crippen LogP contribution < -0.4 is 5.32 Å². The molecule has 0 spiro atoms. The molecule has 2 aromatic rings. The third kappa shape index (κ3) is 2.88. The summed E-state index contributed by atoms with van der Waals surface area (Å²) in [4.78, 5) is 20.5. The van der Waals surface area contributed by atoms with Crippen LogP contribution in [0.5, 0.6) is 0 Å². The van der Waals surface area contributed by atoms with Crippen LogP contribution in [0.25, 0.3) is 0 Å². The Labute approximate surface area is 120 Å². The predicted octanol–water partition coefficient (Wildman–Crippen LogP) is 0.983. The van der Waals surface area contributed by atoms with Crippen LogP contribution in [0.3, 0.4) is 0 Å². The number of rotatable bonds is 4. The molecular weight excluding hydrogens is 274 g/mol. The zero-order valence-electron chi connectivity index (χ0n) is 10.6. The largest absolute Gasteiger partial charge is 0.347 e. The van der Waals surface area contributed by atoms with E-state index in [1.54, 1.807) is 11.8 Å². The summed E-state index contributed by atoms with van der Waals surface area (Å²) in [5.74, 6) is 1.23. The first-order valence-electron chi connectivity index (χ1n) is 6.21. The Morgan fingerprint density at radius 1 is 1.40 bits per heavy atom. The van der Waals surface area contributed by atoms with Crippen molar-refractivity contribution in [2.45, 2.75) is 12.6 Å². The second kappa shape index (κ2) is 5.87. The smallest absolute Gasteiger partial charge is 0.246 e. The van der Waals surface area contributed by atoms with Gasteiger partial charge in [0.1, 0.15) is 18.2 Å². The highest BCUT2D eigenvalue weighted by molar-refractivity contribution is 8.14. The Balaban J connectivity index is 1.61. The first-order chi connectivity index (χ1) is 9.83. The van der Waals surface area contributed by atoms with Crippen molar-refractivity contribution < 1.29 is 4.79 Å². The van der Waals surface area contributed by atoms with Crippen LogP contribution in [0.15, 0.2) is 41.7 Å². The Morgan fingerprint density at radius 3 is 3.00 bits per heavy atom. The minimum atomic E-state index is -0.335. The van der Waals surface area contributed by atoms with Gasteiger partial charge >= 0.3 is 0 Å². The summed E-state index contributed by atoms with van der Waals surface area (Å²) in [6, 6.07) is 9.57. The number of hydrogen-bond acceptors (Lipinski definition) is 5. The van der Waals surface area contributed by atoms with Gasteiger partial charge in [-0.15, -0.1) is 11.8 Å². The maximum absolute atomic E-state index is 12.0. The number of aromatic nitrogens is 3. The zero-order valence-corrected chi connectivity index (χ0v) is 11.4. The molecule has 0 radical (unpaired) electrons. The quantitative estimate of drug-likeness (QED) is 0.878. The number of aliphatic imine (C=N–C) groups is 1. The first kappa shape index (κ1) is 12.9. The van der Waals surface area contributed by atoms with Crippen molar-refractivity contribution in [2.24, 2.45) is 4.99 Å². The minimum absolute atomic E-state index is 0.0835. The molecule has 1 unspecified atom stereocenters. The highest BCUT2D eigenvalue weighted by atomic mass is 32.2. The Kier molecular flexibility index (Phi) is 3.78. The fourth-order valence-corrected chi connectivity index (χ4v) is 2.90. The summed E-state index contributed by atoms with van der Waals surface area (Å²) in [6.07, 6.45) is 1.42. The Morgan fingerprint density at radius 2 is 2.25 bits per heavy atom. The lowest BCUT2D eigenvalue weighted by Crippen LogP contribution is -2.33. The normalized spacial score (nSPS) is 17.8. The van der Waals surface area contributed by atoms with E-state index in [9.17, 15) is 4.79 Å². The number of aromatic amines is 1. The van der Waals surface area contributed by atoms with Crippen LogP contribution in [0, 0.1) is 0 Å². The van der Waals surface area contributed by atoms with E-state index >= 15 is 0 Å². The van der Waals surface area contributed by atoms with Crippen molar-refractivity contribution >= 4 is 22.7 Å². The molecule has 0 aliphatic carbocycles. The van der Waals surface area contributed by atoms with Gasteiger partial charge in [-0.2, -0.15) is 5.10 Å². The fraction of sp³-hybridized carbons (Fsp3) is 0.231. The molecule has 1 aromatic heterocycles. The molecule has 0 bridgehead atoms. The van der Waals surface area contributed by atoms with Crippen LogP contribution in [-0.2, 0) is 11.3 Å². The zero-order chi connectivity index (χ0) is 13.8. The standard InChI is InChI=1S/C13H13N5OS/c19-12(14-6-11-15-8-16-18-11)10-7-20-13(17-10)9-4-2-1-3-5-9/h1-5,8,10H,6-7H2,(H,14,19)(H,15,16,18). The van der Waals surface area contributed by atoms with E-state index in [4.69, 9.17) is 0 Å². The topological polar surface area (TPSA) is 83.0 Å². The van der Waals surface area contributed by atoms with E-state index in [1.165, 1.54) is 6.33 Å². The van der Waals surface area contributed by atoms with Gasteiger partial charge in [0, 0.05) is 11.3 Å². The highest BCUT2D eigenvalue weighted by Crippen LogP contribution is 2.23. The van der Waals surface area contributed by atoms with E-state index in [2.05, 4.69) is 25.5 Å². The molecule has 1 aliphatic rings. The molecule has 102 valence electrons. The van der Waals surface area contributed by atoms with Crippen LogP contribution in [0.4, 0.5) is 0 Å². The van der Waals surface area contributed by atoms with Crippen molar-refractivity contribution in [3.05, 3.63) is 48.0 Å². The van der Waals surface area contributed by atoms with Gasteiger partial charge in [0.25, 0.3) is 0 Å². The number of amides is 1. The molecule has 0 saturated carbocycles. The van der Waals surface area contributed by atoms with E-state index in [-0.39, 0.29) is 11.9 Å². The molecule has 1 aromatic carbocycles. The maximum Gasteiger partial charge on any atom is 0.246 e. The van der Waals surface area contributed by atoms with Gasteiger partial charge in [0.2, 0.25) is 5.91 Å². The second-order valence-electron chi connectivity index (χ2n) is 4.28. The fourth-order valence-electron chi connectivity index (χ4n) is 1.85. The van der Waals surface area contributed by atoms with Gasteiger partial charge < -0.3 is 5.32 Å². The van der Waals surface area contributed by atoms with E-state index in [0.717, 1.165) is 10.6 Å². The molecule has 0 fully saturated rings. The SMILES string of the molecule is O=C(NCc1ncn[nH]1)C1CSC(c2ccccc2)=N1. The number of hydrogen-bond donors (Lipinski definition) is 2. The lowest BCUT2D eigenvalue weighted by molar-refractivity contribution is -0.121. The van der Waals surface area contributed by atoms with Crippen molar-refractivity contribution in [1.82, 2.24) is 20.5 Å². The third-order valence-corrected chi connectivity index (χ3v) is 3.97. The number of H-pyrrole nitrogens is 1. The maximum atomic E-state index is 12.0. The molecule has 7 heteroatoms. The monoisotopic (exact) mass is 287 g/mol. The number of carbonyl (C=O) groups is 1. The van der Waals surface area contributed by atoms with Crippen LogP contribution >= 0.6 is 11.8 Å². The lowest BCUT2D eigenvalue weighted by atomic mass is 10.2. The third-order valence-electron chi connectivity index (χ3n) is 2.87. The summed E-state index contributed by atoms with van der Waals surface area (Å²) in [5.41, 5.74) is 1.06. The summed E-state index contributed by atoms with van der Waals surface area (Å²) in [7, 11) is 0. The van der Waals surface area contributed by atoms with Gasteiger partial charge in [-0.3, -0.25) is 14.9 Å². The molecular formula is C13H13N5OS. The summed E-state index contributed by atoms with van der Waals surface area (Å²) < 4.78 is 0. The predicted molar refractivity (Wildman–Crippen MR) is 77.5 cm³/mol. The summed E-state index contributed by atoms with van der Waals surface area (Å²) in [5, 5.41) is 10.2. The Hall–Kier alpha value is -2.15. The van der Waals surface area contributed by atoms with E-state index < -0.39 is 0 Å². The van der Waals surface area contributed by atoms with Crippen LogP contribution in [-0.4, -0.2) is 37.9 Å². The van der Waals surface area contributed by atoms with Crippen LogP contribution in [0.1, 0.15) is 11.4 Å². The molecule has 1 amide bonds. The second-order valence-corrected chi connectivity index (χ2v) is 5.29. The molecule has 3 rings (SSSR count). The highest BCUT2D eigenvalue weighted by Gasteiger charge is 2.25. The van der Waals surface area contributed by atoms with E-state index in [1.807, 2.05) is 30.3 Å². The lowest BCUT2D eigenvalue weighted by Gasteiger charge is -2.05. The summed E-state index contributed by atoms with van der Waals surface area (Å²) in [6.45, 7) is 0.343. The van der Waals surface area contributed by atoms with E-state index in [0.29, 0.717) is 18.1 Å². The number of nitrogens with zero attached hydrogens (tertiary/aromatic N) is 3. The molecule has 20 heavy (non-hydrogen) atoms. The van der Waals surface area contributed by atoms with Gasteiger partial charge in [-0.1, -0.05) is 30.3 Å². The van der Waals surface area contributed by atoms with Crippen LogP contribution in [0.2, 0.25) is 0 Å². The van der Waals surface area contributed by atoms with Crippen molar-refractivity contribution in [1.29, 1.82) is 0 Å². The van der Waals surface area contributed by atoms with Gasteiger partial charge in [0.05, 0.1) is 11.6 Å². The van der Waals surface area contributed by atoms with Gasteiger partial charge in [0.15, 0.2) is 0 Å². The van der Waals surface area contributed by atoms with Crippen molar-refractivity contribution in [3.8, 4) is 0 Å². The molecule has 0 saturated heterocycles. The average molecular weight is 287 g/mol. The molecule has 1 aliphatic heterocycles. The van der Waals surface area contributed by atoms with Gasteiger partial charge in [-0.25, -0.2) is 4.98 Å². The minimum Gasteiger partial charge on any atom is -0.347 e. The summed E-state index contributed by atoms with van der Waals surface area (Å²) >= 11 is 1.61. The van der Waals surface area contributed by atoms with Crippen molar-refractivity contribution in [2.75, 3.05) is 5.75 Å². The number of nitrogens with one attached hydrogen (secondary N) is 2. The van der Waals surface area contributed by atoms with Crippen molar-refractivity contribution in [3.63, 3.8) is 0 Å². The molecule has 6 nitrogen and oxygen atoms in total. The number of thioether (sulfide) groups is 1. The number of carbonyl (C=O) groups excluding carboxylic acids is 1. The van der Waals surface area contributed by atoms with Gasteiger partial charge in [-0.05, 0) is 0 Å². The number of benzene rings is 1. The first-order valence-corrected chi connectivity index (χ1v) is 7.19. The molecule has 1 atom stereocenters.